The van der Waals surface area contributed by atoms with E-state index in [4.69, 9.17) is 5.11 Å². The Morgan fingerprint density at radius 2 is 1.75 bits per heavy atom. The van der Waals surface area contributed by atoms with Gasteiger partial charge in [-0.3, -0.25) is 0 Å². The van der Waals surface area contributed by atoms with Gasteiger partial charge in [-0.25, -0.2) is 13.1 Å². The van der Waals surface area contributed by atoms with Crippen LogP contribution in [0.5, 0.6) is 0 Å². The first-order chi connectivity index (χ1) is 7.07. The van der Waals surface area contributed by atoms with E-state index >= 15 is 0 Å². The Labute approximate surface area is 99.5 Å². The van der Waals surface area contributed by atoms with Gasteiger partial charge in [-0.1, -0.05) is 27.7 Å². The maximum Gasteiger partial charge on any atom is 0.211 e. The molecule has 2 N–H and O–H groups in total. The van der Waals surface area contributed by atoms with E-state index in [2.05, 4.69) is 4.72 Å². The molecule has 5 heteroatoms. The fraction of sp³-hybridized carbons (Fsp3) is 1.00. The van der Waals surface area contributed by atoms with Crippen molar-refractivity contribution in [1.82, 2.24) is 4.72 Å². The second kappa shape index (κ2) is 5.98. The number of nitrogens with one attached hydrogen (secondary N) is 1. The molecule has 0 saturated heterocycles. The van der Waals surface area contributed by atoms with Crippen molar-refractivity contribution >= 4 is 10.0 Å². The van der Waals surface area contributed by atoms with Gasteiger partial charge in [0, 0.05) is 12.6 Å². The zero-order valence-corrected chi connectivity index (χ0v) is 11.8. The molecule has 0 amide bonds. The Bertz CT molecular complexity index is 293. The van der Waals surface area contributed by atoms with Crippen molar-refractivity contribution in [3.63, 3.8) is 0 Å². The molecule has 0 aromatic carbocycles. The lowest BCUT2D eigenvalue weighted by Crippen LogP contribution is -2.40. The van der Waals surface area contributed by atoms with Crippen LogP contribution in [-0.4, -0.2) is 31.9 Å². The van der Waals surface area contributed by atoms with Crippen LogP contribution in [0.2, 0.25) is 0 Å². The molecule has 0 heterocycles. The molecule has 0 spiro atoms. The Balaban J connectivity index is 4.26. The summed E-state index contributed by atoms with van der Waals surface area (Å²) in [5.74, 6) is 0.0725. The van der Waals surface area contributed by atoms with E-state index in [1.807, 2.05) is 27.7 Å². The van der Waals surface area contributed by atoms with Gasteiger partial charge in [-0.05, 0) is 24.7 Å². The van der Waals surface area contributed by atoms with Crippen LogP contribution in [0.15, 0.2) is 0 Å². The third-order valence-corrected chi connectivity index (χ3v) is 4.10. The number of hydrogen-bond donors (Lipinski definition) is 2. The molecule has 16 heavy (non-hydrogen) atoms. The Kier molecular flexibility index (Phi) is 5.93. The van der Waals surface area contributed by atoms with Crippen molar-refractivity contribution in [1.29, 1.82) is 0 Å². The highest BCUT2D eigenvalue weighted by Gasteiger charge is 2.21. The van der Waals surface area contributed by atoms with Crippen molar-refractivity contribution < 1.29 is 13.5 Å². The van der Waals surface area contributed by atoms with E-state index in [0.717, 1.165) is 0 Å². The summed E-state index contributed by atoms with van der Waals surface area (Å²) in [6, 6.07) is -0.227. The van der Waals surface area contributed by atoms with Crippen LogP contribution < -0.4 is 4.72 Å². The van der Waals surface area contributed by atoms with Crippen molar-refractivity contribution in [3.05, 3.63) is 0 Å². The predicted molar refractivity (Wildman–Crippen MR) is 66.7 cm³/mol. The third kappa shape index (κ3) is 7.19. The first-order valence-electron chi connectivity index (χ1n) is 5.68. The molecule has 4 nitrogen and oxygen atoms in total. The first kappa shape index (κ1) is 15.9. The van der Waals surface area contributed by atoms with Gasteiger partial charge in [-0.15, -0.1) is 0 Å². The Hall–Kier alpha value is -0.130. The molecule has 2 atom stereocenters. The monoisotopic (exact) mass is 251 g/mol. The second-order valence-corrected chi connectivity index (χ2v) is 7.57. The van der Waals surface area contributed by atoms with Gasteiger partial charge in [0.15, 0.2) is 0 Å². The van der Waals surface area contributed by atoms with Crippen LogP contribution >= 0.6 is 0 Å². The molecule has 0 saturated carbocycles. The topological polar surface area (TPSA) is 66.4 Å². The number of aliphatic hydroxyl groups is 1. The van der Waals surface area contributed by atoms with Gasteiger partial charge >= 0.3 is 0 Å². The summed E-state index contributed by atoms with van der Waals surface area (Å²) in [4.78, 5) is 0. The minimum Gasteiger partial charge on any atom is -0.396 e. The van der Waals surface area contributed by atoms with Gasteiger partial charge < -0.3 is 5.11 Å². The van der Waals surface area contributed by atoms with E-state index in [0.29, 0.717) is 6.42 Å². The smallest absolute Gasteiger partial charge is 0.211 e. The molecular formula is C11H25NO3S. The third-order valence-electron chi connectivity index (χ3n) is 2.63. The molecular weight excluding hydrogens is 226 g/mol. The van der Waals surface area contributed by atoms with Crippen LogP contribution in [0.3, 0.4) is 0 Å². The zero-order chi connectivity index (χ0) is 13.0. The quantitative estimate of drug-likeness (QED) is 0.749. The van der Waals surface area contributed by atoms with Gasteiger partial charge in [0.2, 0.25) is 10.0 Å². The van der Waals surface area contributed by atoms with Crippen LogP contribution in [0.4, 0.5) is 0 Å². The molecule has 98 valence electrons. The molecule has 0 fully saturated rings. The summed E-state index contributed by atoms with van der Waals surface area (Å²) in [5, 5.41) is 8.93. The molecule has 0 aromatic rings. The normalized spacial score (nSPS) is 17.1. The van der Waals surface area contributed by atoms with Gasteiger partial charge in [-0.2, -0.15) is 0 Å². The molecule has 0 radical (unpaired) electrons. The lowest BCUT2D eigenvalue weighted by molar-refractivity contribution is 0.216. The number of aliphatic hydroxyl groups excluding tert-OH is 1. The average molecular weight is 251 g/mol. The molecule has 0 aliphatic rings. The van der Waals surface area contributed by atoms with E-state index in [1.54, 1.807) is 6.92 Å². The molecule has 0 aliphatic carbocycles. The van der Waals surface area contributed by atoms with E-state index in [1.165, 1.54) is 0 Å². The standard InChI is InChI=1S/C11H25NO3S/c1-9(8-13)10(2)12-16(14,15)7-6-11(3,4)5/h9-10,12-13H,6-8H2,1-5H3. The Morgan fingerprint density at radius 1 is 1.25 bits per heavy atom. The second-order valence-electron chi connectivity index (χ2n) is 5.70. The van der Waals surface area contributed by atoms with E-state index < -0.39 is 10.0 Å². The molecule has 0 bridgehead atoms. The predicted octanol–water partition coefficient (Wildman–Crippen LogP) is 1.36. The van der Waals surface area contributed by atoms with Crippen molar-refractivity contribution in [2.45, 2.75) is 47.1 Å². The van der Waals surface area contributed by atoms with Crippen molar-refractivity contribution in [2.24, 2.45) is 11.3 Å². The summed E-state index contributed by atoms with van der Waals surface area (Å²) in [7, 11) is -3.23. The SMILES string of the molecule is CC(CO)C(C)NS(=O)(=O)CCC(C)(C)C. The summed E-state index contributed by atoms with van der Waals surface area (Å²) in [6.07, 6.45) is 0.628. The fourth-order valence-electron chi connectivity index (χ4n) is 1.06. The van der Waals surface area contributed by atoms with Crippen molar-refractivity contribution in [2.75, 3.05) is 12.4 Å². The molecule has 0 aliphatic heterocycles. The number of hydrogen-bond acceptors (Lipinski definition) is 3. The van der Waals surface area contributed by atoms with E-state index in [-0.39, 0.29) is 29.7 Å². The summed E-state index contributed by atoms with van der Waals surface area (Å²) < 4.78 is 26.0. The minimum atomic E-state index is -3.23. The molecule has 0 aromatic heterocycles. The zero-order valence-electron chi connectivity index (χ0n) is 10.9. The highest BCUT2D eigenvalue weighted by Crippen LogP contribution is 2.19. The van der Waals surface area contributed by atoms with Gasteiger partial charge in [0.1, 0.15) is 0 Å². The molecule has 2 unspecified atom stereocenters. The largest absolute Gasteiger partial charge is 0.396 e. The first-order valence-corrected chi connectivity index (χ1v) is 7.33. The van der Waals surface area contributed by atoms with Crippen LogP contribution in [0.25, 0.3) is 0 Å². The summed E-state index contributed by atoms with van der Waals surface area (Å²) >= 11 is 0. The highest BCUT2D eigenvalue weighted by molar-refractivity contribution is 7.89. The number of rotatable bonds is 6. The van der Waals surface area contributed by atoms with Crippen LogP contribution in [-0.2, 0) is 10.0 Å². The maximum absolute atomic E-state index is 11.7. The highest BCUT2D eigenvalue weighted by atomic mass is 32.2. The fourth-order valence-corrected chi connectivity index (χ4v) is 2.85. The minimum absolute atomic E-state index is 0.0110. The van der Waals surface area contributed by atoms with Crippen molar-refractivity contribution in [3.8, 4) is 0 Å². The van der Waals surface area contributed by atoms with Crippen LogP contribution in [0, 0.1) is 11.3 Å². The summed E-state index contributed by atoms with van der Waals surface area (Å²) in [6.45, 7) is 9.63. The van der Waals surface area contributed by atoms with E-state index in [9.17, 15) is 8.42 Å². The average Bonchev–Trinajstić information content (AvgIpc) is 2.12. The molecule has 0 rings (SSSR count). The summed E-state index contributed by atoms with van der Waals surface area (Å²) in [5.41, 5.74) is 0.0145. The van der Waals surface area contributed by atoms with Crippen LogP contribution in [0.1, 0.15) is 41.0 Å². The maximum atomic E-state index is 11.7. The van der Waals surface area contributed by atoms with Gasteiger partial charge in [0.05, 0.1) is 5.75 Å². The number of sulfonamides is 1. The van der Waals surface area contributed by atoms with Gasteiger partial charge in [0.25, 0.3) is 0 Å². The lowest BCUT2D eigenvalue weighted by atomic mass is 9.94. The lowest BCUT2D eigenvalue weighted by Gasteiger charge is -2.22. The Morgan fingerprint density at radius 3 is 2.12 bits per heavy atom.